The molecule has 3 N–H and O–H groups in total. The summed E-state index contributed by atoms with van der Waals surface area (Å²) in [6.07, 6.45) is 0.304. The quantitative estimate of drug-likeness (QED) is 0.566. The van der Waals surface area contributed by atoms with Gasteiger partial charge in [0.25, 0.3) is 0 Å². The van der Waals surface area contributed by atoms with Crippen LogP contribution in [-0.4, -0.2) is 18.1 Å². The second-order valence-electron chi connectivity index (χ2n) is 3.06. The molecule has 4 nitrogen and oxygen atoms in total. The summed E-state index contributed by atoms with van der Waals surface area (Å²) in [5.74, 6) is -0.143. The lowest BCUT2D eigenvalue weighted by molar-refractivity contribution is -0.121. The molecule has 0 bridgehead atoms. The zero-order valence-electron chi connectivity index (χ0n) is 8.71. The molecule has 1 aromatic rings. The summed E-state index contributed by atoms with van der Waals surface area (Å²) < 4.78 is 0.955. The van der Waals surface area contributed by atoms with E-state index in [1.807, 2.05) is 24.3 Å². The van der Waals surface area contributed by atoms with E-state index in [0.29, 0.717) is 11.5 Å². The van der Waals surface area contributed by atoms with Crippen molar-refractivity contribution in [3.63, 3.8) is 0 Å². The van der Waals surface area contributed by atoms with Crippen molar-refractivity contribution in [3.8, 4) is 0 Å². The van der Waals surface area contributed by atoms with E-state index < -0.39 is 0 Å². The minimum Gasteiger partial charge on any atom is -0.364 e. The van der Waals surface area contributed by atoms with Crippen molar-refractivity contribution in [2.45, 2.75) is 6.42 Å². The summed E-state index contributed by atoms with van der Waals surface area (Å²) in [5, 5.41) is 3.07. The molecular formula is C10H12BrN3OS. The van der Waals surface area contributed by atoms with Crippen LogP contribution in [0.5, 0.6) is 0 Å². The predicted molar refractivity (Wildman–Crippen MR) is 70.8 cm³/mol. The van der Waals surface area contributed by atoms with E-state index >= 15 is 0 Å². The maximum absolute atomic E-state index is 11.5. The first kappa shape index (κ1) is 12.9. The van der Waals surface area contributed by atoms with Crippen LogP contribution in [0, 0.1) is 0 Å². The Bertz CT molecular complexity index is 397. The Balaban J connectivity index is 2.43. The second kappa shape index (κ2) is 6.44. The van der Waals surface area contributed by atoms with E-state index in [0.717, 1.165) is 10.0 Å². The van der Waals surface area contributed by atoms with Gasteiger partial charge in [0.1, 0.15) is 0 Å². The molecule has 0 radical (unpaired) electrons. The van der Waals surface area contributed by atoms with E-state index in [2.05, 4.69) is 32.1 Å². The number of halogens is 1. The zero-order valence-corrected chi connectivity index (χ0v) is 11.1. The minimum atomic E-state index is -0.143. The summed E-state index contributed by atoms with van der Waals surface area (Å²) >= 11 is 8.16. The number of carbonyl (C=O) groups excluding carboxylic acids is 1. The molecule has 0 saturated heterocycles. The Morgan fingerprint density at radius 3 is 2.81 bits per heavy atom. The van der Waals surface area contributed by atoms with E-state index in [1.54, 1.807) is 7.05 Å². The zero-order chi connectivity index (χ0) is 12.0. The van der Waals surface area contributed by atoms with Gasteiger partial charge in [0.15, 0.2) is 5.11 Å². The van der Waals surface area contributed by atoms with E-state index in [1.165, 1.54) is 0 Å². The molecule has 0 aliphatic heterocycles. The third-order valence-electron chi connectivity index (χ3n) is 1.80. The number of thiocarbonyl (C=S) groups is 1. The minimum absolute atomic E-state index is 0.143. The Kier molecular flexibility index (Phi) is 5.21. The van der Waals surface area contributed by atoms with Crippen molar-refractivity contribution >= 4 is 39.2 Å². The number of benzene rings is 1. The van der Waals surface area contributed by atoms with Crippen molar-refractivity contribution < 1.29 is 4.79 Å². The molecule has 0 atom stereocenters. The normalized spacial score (nSPS) is 9.38. The summed E-state index contributed by atoms with van der Waals surface area (Å²) in [6.45, 7) is 0. The Morgan fingerprint density at radius 2 is 2.19 bits per heavy atom. The summed E-state index contributed by atoms with van der Waals surface area (Å²) in [4.78, 5) is 11.5. The van der Waals surface area contributed by atoms with Gasteiger partial charge in [-0.05, 0) is 29.9 Å². The van der Waals surface area contributed by atoms with Gasteiger partial charge in [0.2, 0.25) is 5.91 Å². The van der Waals surface area contributed by atoms with Gasteiger partial charge in [-0.3, -0.25) is 15.6 Å². The predicted octanol–water partition coefficient (Wildman–Crippen LogP) is 1.12. The maximum atomic E-state index is 11.5. The van der Waals surface area contributed by atoms with Crippen LogP contribution >= 0.6 is 28.1 Å². The van der Waals surface area contributed by atoms with Crippen molar-refractivity contribution in [1.29, 1.82) is 0 Å². The smallest absolute Gasteiger partial charge is 0.242 e. The summed E-state index contributed by atoms with van der Waals surface area (Å²) in [5.41, 5.74) is 6.00. The van der Waals surface area contributed by atoms with Crippen LogP contribution in [0.3, 0.4) is 0 Å². The first-order chi connectivity index (χ1) is 7.61. The highest BCUT2D eigenvalue weighted by Crippen LogP contribution is 2.11. The van der Waals surface area contributed by atoms with Crippen LogP contribution in [0.25, 0.3) is 0 Å². The molecule has 0 unspecified atom stereocenters. The monoisotopic (exact) mass is 301 g/mol. The number of hydrogen-bond donors (Lipinski definition) is 3. The molecule has 1 amide bonds. The Labute approximate surface area is 108 Å². The van der Waals surface area contributed by atoms with Crippen molar-refractivity contribution in [2.75, 3.05) is 7.05 Å². The SMILES string of the molecule is CNC(=S)NNC(=O)Cc1cccc(Br)c1. The lowest BCUT2D eigenvalue weighted by atomic mass is 10.1. The molecule has 0 fully saturated rings. The van der Waals surface area contributed by atoms with Crippen molar-refractivity contribution in [3.05, 3.63) is 34.3 Å². The molecule has 0 aliphatic rings. The molecule has 0 aliphatic carbocycles. The van der Waals surface area contributed by atoms with Crippen LogP contribution < -0.4 is 16.2 Å². The fraction of sp³-hybridized carbons (Fsp3) is 0.200. The first-order valence-electron chi connectivity index (χ1n) is 4.63. The third-order valence-corrected chi connectivity index (χ3v) is 2.60. The average Bonchev–Trinajstić information content (AvgIpc) is 2.26. The number of hydrogen-bond acceptors (Lipinski definition) is 2. The van der Waals surface area contributed by atoms with E-state index in [4.69, 9.17) is 12.2 Å². The fourth-order valence-corrected chi connectivity index (χ4v) is 1.56. The van der Waals surface area contributed by atoms with Crippen molar-refractivity contribution in [1.82, 2.24) is 16.2 Å². The second-order valence-corrected chi connectivity index (χ2v) is 4.38. The molecule has 0 spiro atoms. The number of hydrazine groups is 1. The molecular weight excluding hydrogens is 290 g/mol. The van der Waals surface area contributed by atoms with Gasteiger partial charge in [-0.1, -0.05) is 28.1 Å². The molecule has 1 rings (SSSR count). The van der Waals surface area contributed by atoms with E-state index in [9.17, 15) is 4.79 Å². The van der Waals surface area contributed by atoms with Crippen LogP contribution in [-0.2, 0) is 11.2 Å². The molecule has 0 saturated carbocycles. The van der Waals surface area contributed by atoms with Crippen LogP contribution in [0.2, 0.25) is 0 Å². The van der Waals surface area contributed by atoms with Gasteiger partial charge in [-0.25, -0.2) is 0 Å². The molecule has 6 heteroatoms. The molecule has 0 heterocycles. The fourth-order valence-electron chi connectivity index (χ4n) is 1.07. The van der Waals surface area contributed by atoms with Crippen LogP contribution in [0.4, 0.5) is 0 Å². The van der Waals surface area contributed by atoms with Gasteiger partial charge in [0, 0.05) is 11.5 Å². The lowest BCUT2D eigenvalue weighted by Gasteiger charge is -2.08. The molecule has 16 heavy (non-hydrogen) atoms. The Morgan fingerprint density at radius 1 is 1.44 bits per heavy atom. The largest absolute Gasteiger partial charge is 0.364 e. The molecule has 0 aromatic heterocycles. The van der Waals surface area contributed by atoms with Gasteiger partial charge < -0.3 is 5.32 Å². The third kappa shape index (κ3) is 4.59. The standard InChI is InChI=1S/C10H12BrN3OS/c1-12-10(16)14-13-9(15)6-7-3-2-4-8(11)5-7/h2-5H,6H2,1H3,(H,13,15)(H2,12,14,16). The van der Waals surface area contributed by atoms with Gasteiger partial charge in [0.05, 0.1) is 6.42 Å². The summed E-state index contributed by atoms with van der Waals surface area (Å²) in [6, 6.07) is 7.59. The topological polar surface area (TPSA) is 53.2 Å². The number of rotatable bonds is 2. The van der Waals surface area contributed by atoms with Gasteiger partial charge in [-0.15, -0.1) is 0 Å². The maximum Gasteiger partial charge on any atom is 0.242 e. The van der Waals surface area contributed by atoms with E-state index in [-0.39, 0.29) is 5.91 Å². The van der Waals surface area contributed by atoms with Gasteiger partial charge in [-0.2, -0.15) is 0 Å². The highest BCUT2D eigenvalue weighted by atomic mass is 79.9. The number of amides is 1. The average molecular weight is 302 g/mol. The van der Waals surface area contributed by atoms with Gasteiger partial charge >= 0.3 is 0 Å². The van der Waals surface area contributed by atoms with Crippen molar-refractivity contribution in [2.24, 2.45) is 0 Å². The number of carbonyl (C=O) groups is 1. The number of nitrogens with one attached hydrogen (secondary N) is 3. The highest BCUT2D eigenvalue weighted by Gasteiger charge is 2.03. The van der Waals surface area contributed by atoms with Crippen LogP contribution in [0.1, 0.15) is 5.56 Å². The lowest BCUT2D eigenvalue weighted by Crippen LogP contribution is -2.46. The first-order valence-corrected chi connectivity index (χ1v) is 5.83. The van der Waals surface area contributed by atoms with Crippen LogP contribution in [0.15, 0.2) is 28.7 Å². The summed E-state index contributed by atoms with van der Waals surface area (Å²) in [7, 11) is 1.68. The molecule has 86 valence electrons. The molecule has 1 aromatic carbocycles. The highest BCUT2D eigenvalue weighted by molar-refractivity contribution is 9.10. The Hall–Kier alpha value is -1.14.